The Balaban J connectivity index is 3.81. The van der Waals surface area contributed by atoms with Gasteiger partial charge in [0.1, 0.15) is 5.57 Å². The monoisotopic (exact) mass is 440 g/mol. The van der Waals surface area contributed by atoms with Crippen LogP contribution in [-0.2, 0) is 20.0 Å². The lowest BCUT2D eigenvalue weighted by molar-refractivity contribution is -0.136. The average molecular weight is 440 g/mol. The zero-order valence-corrected chi connectivity index (χ0v) is 15.6. The SMILES string of the molecule is CCOP(=O)(OCC)C(F)(F)/C(=C(/Cc1ccccc1)C(F)(F)F)C(F)(F)F. The molecule has 0 saturated carbocycles. The molecule has 0 fully saturated rings. The summed E-state index contributed by atoms with van der Waals surface area (Å²) in [6, 6.07) is 5.95. The van der Waals surface area contributed by atoms with Crippen LogP contribution in [0.2, 0.25) is 0 Å². The number of allylic oxidation sites excluding steroid dienone is 2. The predicted octanol–water partition coefficient (Wildman–Crippen LogP) is 6.51. The van der Waals surface area contributed by atoms with Crippen LogP contribution in [0.15, 0.2) is 41.5 Å². The Morgan fingerprint density at radius 2 is 1.32 bits per heavy atom. The predicted molar refractivity (Wildman–Crippen MR) is 85.1 cm³/mol. The molecule has 0 saturated heterocycles. The lowest BCUT2D eigenvalue weighted by Crippen LogP contribution is -2.36. The van der Waals surface area contributed by atoms with Crippen molar-refractivity contribution in [2.75, 3.05) is 13.2 Å². The van der Waals surface area contributed by atoms with Gasteiger partial charge in [-0.25, -0.2) is 0 Å². The standard InChI is InChI=1S/C16H17F8O3P/c1-3-26-28(25,27-4-2)16(23,24)13(15(20,21)22)12(14(17,18)19)10-11-8-6-5-7-9-11/h5-9H,3-4,10H2,1-2H3/b13-12-. The van der Waals surface area contributed by atoms with Crippen molar-refractivity contribution in [3.8, 4) is 0 Å². The van der Waals surface area contributed by atoms with Crippen molar-refractivity contribution in [2.24, 2.45) is 0 Å². The fourth-order valence-electron chi connectivity index (χ4n) is 2.33. The molecule has 1 aromatic rings. The first-order chi connectivity index (χ1) is 12.7. The normalized spacial score (nSPS) is 14.8. The highest BCUT2D eigenvalue weighted by Crippen LogP contribution is 2.67. The molecule has 0 radical (unpaired) electrons. The number of halogens is 8. The van der Waals surface area contributed by atoms with Gasteiger partial charge in [-0.15, -0.1) is 0 Å². The highest BCUT2D eigenvalue weighted by atomic mass is 31.2. The maximum absolute atomic E-state index is 14.7. The van der Waals surface area contributed by atoms with Crippen LogP contribution in [0.4, 0.5) is 35.1 Å². The fourth-order valence-corrected chi connectivity index (χ4v) is 3.94. The number of rotatable bonds is 8. The minimum Gasteiger partial charge on any atom is -0.304 e. The van der Waals surface area contributed by atoms with Gasteiger partial charge in [-0.3, -0.25) is 4.57 Å². The van der Waals surface area contributed by atoms with E-state index in [2.05, 4.69) is 9.05 Å². The molecule has 0 aliphatic carbocycles. The van der Waals surface area contributed by atoms with Gasteiger partial charge in [0.15, 0.2) is 0 Å². The quantitative estimate of drug-likeness (QED) is 0.263. The zero-order chi connectivity index (χ0) is 21.8. The van der Waals surface area contributed by atoms with E-state index >= 15 is 0 Å². The molecule has 0 heterocycles. The molecule has 0 atom stereocenters. The van der Waals surface area contributed by atoms with Crippen molar-refractivity contribution >= 4 is 7.60 Å². The molecule has 0 spiro atoms. The molecular weight excluding hydrogens is 423 g/mol. The summed E-state index contributed by atoms with van der Waals surface area (Å²) in [5.74, 6) is 0. The van der Waals surface area contributed by atoms with Gasteiger partial charge < -0.3 is 9.05 Å². The first kappa shape index (κ1) is 24.6. The Labute approximate surface area is 155 Å². The minimum absolute atomic E-state index is 0.296. The second kappa shape index (κ2) is 8.92. The minimum atomic E-state index is -6.16. The van der Waals surface area contributed by atoms with Crippen molar-refractivity contribution < 1.29 is 48.7 Å². The Bertz CT molecular complexity index is 716. The van der Waals surface area contributed by atoms with E-state index < -0.39 is 56.4 Å². The van der Waals surface area contributed by atoms with E-state index in [1.807, 2.05) is 0 Å². The maximum Gasteiger partial charge on any atom is 0.419 e. The van der Waals surface area contributed by atoms with Crippen molar-refractivity contribution in [2.45, 2.75) is 38.3 Å². The summed E-state index contributed by atoms with van der Waals surface area (Å²) in [7, 11) is -5.91. The second-order valence-corrected chi connectivity index (χ2v) is 7.46. The molecular formula is C16H17F8O3P. The third-order valence-electron chi connectivity index (χ3n) is 3.39. The summed E-state index contributed by atoms with van der Waals surface area (Å²) in [5.41, 5.74) is -11.7. The van der Waals surface area contributed by atoms with Gasteiger partial charge in [0, 0.05) is 6.42 Å². The first-order valence-corrected chi connectivity index (χ1v) is 9.44. The van der Waals surface area contributed by atoms with Gasteiger partial charge >= 0.3 is 25.6 Å². The van der Waals surface area contributed by atoms with Crippen molar-refractivity contribution in [3.05, 3.63) is 47.0 Å². The number of hydrogen-bond donors (Lipinski definition) is 0. The molecule has 0 amide bonds. The van der Waals surface area contributed by atoms with Crippen molar-refractivity contribution in [3.63, 3.8) is 0 Å². The summed E-state index contributed by atoms with van der Waals surface area (Å²) in [5, 5.41) is 0. The summed E-state index contributed by atoms with van der Waals surface area (Å²) in [4.78, 5) is 0. The number of benzene rings is 1. The highest BCUT2D eigenvalue weighted by molar-refractivity contribution is 7.55. The van der Waals surface area contributed by atoms with Gasteiger partial charge in [0.2, 0.25) is 0 Å². The van der Waals surface area contributed by atoms with Crippen molar-refractivity contribution in [1.29, 1.82) is 0 Å². The highest BCUT2D eigenvalue weighted by Gasteiger charge is 2.66. The lowest BCUT2D eigenvalue weighted by Gasteiger charge is -2.31. The fraction of sp³-hybridized carbons (Fsp3) is 0.500. The summed E-state index contributed by atoms with van der Waals surface area (Å²) in [6.07, 6.45) is -13.5. The summed E-state index contributed by atoms with van der Waals surface area (Å²) >= 11 is 0. The molecule has 1 aromatic carbocycles. The molecule has 0 aliphatic rings. The molecule has 160 valence electrons. The molecule has 12 heteroatoms. The lowest BCUT2D eigenvalue weighted by atomic mass is 9.99. The number of alkyl halides is 8. The molecule has 3 nitrogen and oxygen atoms in total. The van der Waals surface area contributed by atoms with E-state index in [0.717, 1.165) is 26.0 Å². The Hall–Kier alpha value is -1.45. The van der Waals surface area contributed by atoms with Crippen LogP contribution in [0.25, 0.3) is 0 Å². The molecule has 0 bridgehead atoms. The molecule has 0 N–H and O–H groups in total. The topological polar surface area (TPSA) is 35.5 Å². The average Bonchev–Trinajstić information content (AvgIpc) is 2.53. The van der Waals surface area contributed by atoms with E-state index in [1.54, 1.807) is 0 Å². The molecule has 28 heavy (non-hydrogen) atoms. The van der Waals surface area contributed by atoms with Gasteiger partial charge in [-0.1, -0.05) is 30.3 Å². The molecule has 1 rings (SSSR count). The maximum atomic E-state index is 14.7. The van der Waals surface area contributed by atoms with Crippen LogP contribution in [0.1, 0.15) is 19.4 Å². The Morgan fingerprint density at radius 1 is 0.857 bits per heavy atom. The van der Waals surface area contributed by atoms with E-state index in [1.165, 1.54) is 18.2 Å². The van der Waals surface area contributed by atoms with Crippen LogP contribution >= 0.6 is 7.60 Å². The largest absolute Gasteiger partial charge is 0.419 e. The van der Waals surface area contributed by atoms with Crippen LogP contribution in [0, 0.1) is 0 Å². The summed E-state index contributed by atoms with van der Waals surface area (Å²) < 4.78 is 131. The van der Waals surface area contributed by atoms with Crippen LogP contribution in [-0.4, -0.2) is 31.2 Å². The molecule has 0 unspecified atom stereocenters. The number of hydrogen-bond acceptors (Lipinski definition) is 3. The third kappa shape index (κ3) is 5.55. The Morgan fingerprint density at radius 3 is 1.68 bits per heavy atom. The van der Waals surface area contributed by atoms with Gasteiger partial charge in [0.25, 0.3) is 0 Å². The molecule has 0 aliphatic heterocycles. The zero-order valence-electron chi connectivity index (χ0n) is 14.7. The molecule has 0 aromatic heterocycles. The van der Waals surface area contributed by atoms with Crippen LogP contribution in [0.5, 0.6) is 0 Å². The smallest absolute Gasteiger partial charge is 0.304 e. The van der Waals surface area contributed by atoms with Crippen LogP contribution in [0.3, 0.4) is 0 Å². The van der Waals surface area contributed by atoms with E-state index in [-0.39, 0.29) is 5.56 Å². The van der Waals surface area contributed by atoms with Gasteiger partial charge in [-0.05, 0) is 19.4 Å². The van der Waals surface area contributed by atoms with E-state index in [4.69, 9.17) is 0 Å². The summed E-state index contributed by atoms with van der Waals surface area (Å²) in [6.45, 7) is 0.539. The van der Waals surface area contributed by atoms with Gasteiger partial charge in [0.05, 0.1) is 18.8 Å². The Kier molecular flexibility index (Phi) is 7.83. The second-order valence-electron chi connectivity index (χ2n) is 5.39. The van der Waals surface area contributed by atoms with Gasteiger partial charge in [-0.2, -0.15) is 35.1 Å². The van der Waals surface area contributed by atoms with E-state index in [0.29, 0.717) is 0 Å². The van der Waals surface area contributed by atoms with Crippen molar-refractivity contribution in [1.82, 2.24) is 0 Å². The van der Waals surface area contributed by atoms with Crippen LogP contribution < -0.4 is 0 Å². The third-order valence-corrected chi connectivity index (χ3v) is 5.50. The van der Waals surface area contributed by atoms with E-state index in [9.17, 15) is 39.7 Å². The first-order valence-electron chi connectivity index (χ1n) is 7.89.